The minimum absolute atomic E-state index is 0.438. The van der Waals surface area contributed by atoms with Crippen molar-refractivity contribution in [3.05, 3.63) is 58.6 Å². The zero-order chi connectivity index (χ0) is 13.7. The molecule has 0 aromatic heterocycles. The topological polar surface area (TPSA) is 59.0 Å². The number of nitrogens with two attached hydrogens (primary N) is 1. The Morgan fingerprint density at radius 1 is 1.21 bits per heavy atom. The summed E-state index contributed by atoms with van der Waals surface area (Å²) in [5, 5.41) is 9.52. The lowest BCUT2D eigenvalue weighted by atomic mass is 10.1. The molecule has 0 amide bonds. The van der Waals surface area contributed by atoms with Gasteiger partial charge in [-0.2, -0.15) is 5.26 Å². The molecule has 0 aliphatic rings. The van der Waals surface area contributed by atoms with Gasteiger partial charge in [0.15, 0.2) is 0 Å². The molecule has 0 saturated heterocycles. The molecule has 96 valence electrons. The van der Waals surface area contributed by atoms with Crippen LogP contribution >= 0.6 is 11.6 Å². The van der Waals surface area contributed by atoms with E-state index in [1.165, 1.54) is 0 Å². The second-order valence-corrected chi connectivity index (χ2v) is 4.49. The molecule has 0 radical (unpaired) electrons. The summed E-state index contributed by atoms with van der Waals surface area (Å²) in [4.78, 5) is 0. The smallest absolute Gasteiger partial charge is 0.137 e. The summed E-state index contributed by atoms with van der Waals surface area (Å²) in [7, 11) is 0. The van der Waals surface area contributed by atoms with Gasteiger partial charge in [0.25, 0.3) is 0 Å². The Hall–Kier alpha value is -2.18. The standard InChI is InChI=1S/C15H13ClN2O/c16-13-5-6-15(12(9-13)10-17)19-8-7-11-3-1-2-4-14(11)18/h1-6,9H,7-8,18H2. The van der Waals surface area contributed by atoms with Gasteiger partial charge in [-0.05, 0) is 29.8 Å². The van der Waals surface area contributed by atoms with Crippen molar-refractivity contribution in [2.75, 3.05) is 12.3 Å². The Morgan fingerprint density at radius 2 is 2.00 bits per heavy atom. The molecule has 19 heavy (non-hydrogen) atoms. The average molecular weight is 273 g/mol. The number of halogens is 1. The maximum Gasteiger partial charge on any atom is 0.137 e. The van der Waals surface area contributed by atoms with Crippen LogP contribution in [0.3, 0.4) is 0 Å². The average Bonchev–Trinajstić information content (AvgIpc) is 2.42. The number of nitrogens with zero attached hydrogens (tertiary/aromatic N) is 1. The van der Waals surface area contributed by atoms with E-state index < -0.39 is 0 Å². The fourth-order valence-corrected chi connectivity index (χ4v) is 1.92. The largest absolute Gasteiger partial charge is 0.492 e. The highest BCUT2D eigenvalue weighted by molar-refractivity contribution is 6.30. The van der Waals surface area contributed by atoms with E-state index >= 15 is 0 Å². The van der Waals surface area contributed by atoms with Crippen LogP contribution in [0.5, 0.6) is 5.75 Å². The van der Waals surface area contributed by atoms with E-state index in [0.29, 0.717) is 29.4 Å². The van der Waals surface area contributed by atoms with E-state index in [9.17, 15) is 0 Å². The van der Waals surface area contributed by atoms with Crippen LogP contribution < -0.4 is 10.5 Å². The number of hydrogen-bond donors (Lipinski definition) is 1. The SMILES string of the molecule is N#Cc1cc(Cl)ccc1OCCc1ccccc1N. The van der Waals surface area contributed by atoms with Crippen molar-refractivity contribution in [3.63, 3.8) is 0 Å². The number of hydrogen-bond acceptors (Lipinski definition) is 3. The Balaban J connectivity index is 2.01. The molecule has 2 N–H and O–H groups in total. The summed E-state index contributed by atoms with van der Waals surface area (Å²) in [5.74, 6) is 0.543. The molecule has 0 atom stereocenters. The lowest BCUT2D eigenvalue weighted by Gasteiger charge is -2.09. The highest BCUT2D eigenvalue weighted by Gasteiger charge is 2.05. The van der Waals surface area contributed by atoms with Crippen LogP contribution in [0.25, 0.3) is 0 Å². The number of benzene rings is 2. The van der Waals surface area contributed by atoms with E-state index in [0.717, 1.165) is 11.3 Å². The van der Waals surface area contributed by atoms with Crippen LogP contribution in [0, 0.1) is 11.3 Å². The predicted molar refractivity (Wildman–Crippen MR) is 76.2 cm³/mol. The van der Waals surface area contributed by atoms with Gasteiger partial charge in [0.2, 0.25) is 0 Å². The van der Waals surface area contributed by atoms with Gasteiger partial charge in [0, 0.05) is 17.1 Å². The third-order valence-corrected chi connectivity index (χ3v) is 2.98. The third-order valence-electron chi connectivity index (χ3n) is 2.75. The van der Waals surface area contributed by atoms with Gasteiger partial charge in [-0.3, -0.25) is 0 Å². The second-order valence-electron chi connectivity index (χ2n) is 4.05. The van der Waals surface area contributed by atoms with E-state index in [4.69, 9.17) is 27.3 Å². The normalized spacial score (nSPS) is 9.89. The van der Waals surface area contributed by atoms with Gasteiger partial charge in [0.05, 0.1) is 12.2 Å². The monoisotopic (exact) mass is 272 g/mol. The number of nitriles is 1. The molecular formula is C15H13ClN2O. The van der Waals surface area contributed by atoms with Crippen LogP contribution in [0.4, 0.5) is 5.69 Å². The van der Waals surface area contributed by atoms with Gasteiger partial charge in [-0.25, -0.2) is 0 Å². The Labute approximate surface area is 117 Å². The molecule has 4 heteroatoms. The zero-order valence-electron chi connectivity index (χ0n) is 10.3. The van der Waals surface area contributed by atoms with Crippen molar-refractivity contribution in [2.45, 2.75) is 6.42 Å². The highest BCUT2D eigenvalue weighted by Crippen LogP contribution is 2.22. The first-order chi connectivity index (χ1) is 9.20. The Bertz CT molecular complexity index is 620. The first kappa shape index (κ1) is 13.3. The van der Waals surface area contributed by atoms with Crippen LogP contribution in [-0.4, -0.2) is 6.61 Å². The lowest BCUT2D eigenvalue weighted by molar-refractivity contribution is 0.321. The van der Waals surface area contributed by atoms with Gasteiger partial charge < -0.3 is 10.5 Å². The lowest BCUT2D eigenvalue weighted by Crippen LogP contribution is -2.04. The van der Waals surface area contributed by atoms with Gasteiger partial charge >= 0.3 is 0 Å². The molecule has 2 aromatic rings. The van der Waals surface area contributed by atoms with Crippen molar-refractivity contribution in [1.29, 1.82) is 5.26 Å². The van der Waals surface area contributed by atoms with E-state index in [-0.39, 0.29) is 0 Å². The molecule has 0 bridgehead atoms. The summed E-state index contributed by atoms with van der Waals surface area (Å²) in [6.07, 6.45) is 0.695. The first-order valence-electron chi connectivity index (χ1n) is 5.86. The van der Waals surface area contributed by atoms with Crippen molar-refractivity contribution < 1.29 is 4.74 Å². The highest BCUT2D eigenvalue weighted by atomic mass is 35.5. The third kappa shape index (κ3) is 3.40. The van der Waals surface area contributed by atoms with Crippen molar-refractivity contribution in [1.82, 2.24) is 0 Å². The summed E-state index contributed by atoms with van der Waals surface area (Å²) in [6, 6.07) is 14.7. The molecule has 0 aliphatic carbocycles. The minimum Gasteiger partial charge on any atom is -0.492 e. The Morgan fingerprint density at radius 3 is 2.74 bits per heavy atom. The number of rotatable bonds is 4. The van der Waals surface area contributed by atoms with E-state index in [1.807, 2.05) is 24.3 Å². The molecule has 0 heterocycles. The Kier molecular flexibility index (Phi) is 4.27. The minimum atomic E-state index is 0.438. The van der Waals surface area contributed by atoms with Gasteiger partial charge in [-0.1, -0.05) is 29.8 Å². The number of nitrogen functional groups attached to an aromatic ring is 1. The fraction of sp³-hybridized carbons (Fsp3) is 0.133. The molecule has 3 nitrogen and oxygen atoms in total. The van der Waals surface area contributed by atoms with Crippen LogP contribution in [0.1, 0.15) is 11.1 Å². The van der Waals surface area contributed by atoms with Gasteiger partial charge in [0.1, 0.15) is 11.8 Å². The summed E-state index contributed by atoms with van der Waals surface area (Å²) < 4.78 is 5.61. The molecule has 2 aromatic carbocycles. The summed E-state index contributed by atoms with van der Waals surface area (Å²) in [5.41, 5.74) is 8.08. The van der Waals surface area contributed by atoms with Crippen molar-refractivity contribution >= 4 is 17.3 Å². The van der Waals surface area contributed by atoms with E-state index in [2.05, 4.69) is 6.07 Å². The molecule has 0 unspecified atom stereocenters. The van der Waals surface area contributed by atoms with Gasteiger partial charge in [-0.15, -0.1) is 0 Å². The van der Waals surface area contributed by atoms with Crippen LogP contribution in [-0.2, 0) is 6.42 Å². The molecule has 2 rings (SSSR count). The number of ether oxygens (including phenoxy) is 1. The van der Waals surface area contributed by atoms with Crippen LogP contribution in [0.15, 0.2) is 42.5 Å². The molecule has 0 spiro atoms. The number of anilines is 1. The first-order valence-corrected chi connectivity index (χ1v) is 6.24. The summed E-state index contributed by atoms with van der Waals surface area (Å²) >= 11 is 5.82. The molecule has 0 aliphatic heterocycles. The van der Waals surface area contributed by atoms with Crippen molar-refractivity contribution in [2.24, 2.45) is 0 Å². The maximum atomic E-state index is 8.99. The maximum absolute atomic E-state index is 8.99. The second kappa shape index (κ2) is 6.12. The fourth-order valence-electron chi connectivity index (χ4n) is 1.75. The van der Waals surface area contributed by atoms with Crippen LogP contribution in [0.2, 0.25) is 5.02 Å². The number of para-hydroxylation sites is 1. The zero-order valence-corrected chi connectivity index (χ0v) is 11.0. The molecule has 0 fully saturated rings. The van der Waals surface area contributed by atoms with E-state index in [1.54, 1.807) is 18.2 Å². The molecule has 0 saturated carbocycles. The quantitative estimate of drug-likeness (QED) is 0.868. The molecular weight excluding hydrogens is 260 g/mol. The van der Waals surface area contributed by atoms with Crippen molar-refractivity contribution in [3.8, 4) is 11.8 Å². The predicted octanol–water partition coefficient (Wildman–Crippen LogP) is 3.42. The summed E-state index contributed by atoms with van der Waals surface area (Å²) in [6.45, 7) is 0.463.